The number of rotatable bonds is 4. The Hall–Kier alpha value is -0.470. The van der Waals surface area contributed by atoms with Gasteiger partial charge in [0.05, 0.1) is 0 Å². The normalized spacial score (nSPS) is 33.6. The Morgan fingerprint density at radius 3 is 2.84 bits per heavy atom. The molecule has 0 aromatic heterocycles. The Kier molecular flexibility index (Phi) is 4.18. The molecule has 1 heterocycles. The first-order valence-electron chi connectivity index (χ1n) is 7.76. The van der Waals surface area contributed by atoms with Crippen LogP contribution in [0.3, 0.4) is 0 Å². The fraction of sp³-hybridized carbons (Fsp3) is 0.647. The molecule has 2 aliphatic rings. The van der Waals surface area contributed by atoms with E-state index in [2.05, 4.69) is 55.2 Å². The zero-order chi connectivity index (χ0) is 13.2. The van der Waals surface area contributed by atoms with Crippen LogP contribution in [0.1, 0.15) is 38.7 Å². The molecule has 1 aromatic rings. The zero-order valence-electron chi connectivity index (χ0n) is 12.1. The van der Waals surface area contributed by atoms with Crippen molar-refractivity contribution in [3.8, 4) is 0 Å². The van der Waals surface area contributed by atoms with Crippen molar-refractivity contribution >= 4 is 11.8 Å². The molecule has 1 aromatic carbocycles. The third-order valence-corrected chi connectivity index (χ3v) is 6.39. The lowest BCUT2D eigenvalue weighted by molar-refractivity contribution is 0.346. The summed E-state index contributed by atoms with van der Waals surface area (Å²) in [6, 6.07) is 9.64. The van der Waals surface area contributed by atoms with Crippen molar-refractivity contribution in [2.75, 3.05) is 6.54 Å². The maximum absolute atomic E-state index is 3.85. The maximum Gasteiger partial charge on any atom is 0.0260 e. The highest BCUT2D eigenvalue weighted by Gasteiger charge is 2.32. The summed E-state index contributed by atoms with van der Waals surface area (Å²) in [5.74, 6) is 1.81. The van der Waals surface area contributed by atoms with Gasteiger partial charge in [-0.05, 0) is 42.7 Å². The van der Waals surface area contributed by atoms with Crippen LogP contribution in [0.5, 0.6) is 0 Å². The summed E-state index contributed by atoms with van der Waals surface area (Å²) in [6.07, 6.45) is 5.40. The predicted octanol–water partition coefficient (Wildman–Crippen LogP) is 4.12. The largest absolute Gasteiger partial charge is 0.313 e. The molecule has 2 heteroatoms. The molecule has 1 aliphatic heterocycles. The van der Waals surface area contributed by atoms with Gasteiger partial charge >= 0.3 is 0 Å². The average molecular weight is 275 g/mol. The number of hydrogen-bond donors (Lipinski definition) is 1. The van der Waals surface area contributed by atoms with Crippen LogP contribution in [-0.2, 0) is 6.42 Å². The van der Waals surface area contributed by atoms with Gasteiger partial charge in [-0.2, -0.15) is 0 Å². The van der Waals surface area contributed by atoms with Crippen LogP contribution in [0.25, 0.3) is 0 Å². The van der Waals surface area contributed by atoms with Crippen LogP contribution in [-0.4, -0.2) is 17.8 Å². The number of hydrogen-bond acceptors (Lipinski definition) is 2. The van der Waals surface area contributed by atoms with Crippen LogP contribution < -0.4 is 5.32 Å². The summed E-state index contributed by atoms with van der Waals surface area (Å²) >= 11 is 2.06. The molecule has 4 atom stereocenters. The van der Waals surface area contributed by atoms with E-state index in [0.717, 1.165) is 23.1 Å². The molecule has 104 valence electrons. The first-order valence-corrected chi connectivity index (χ1v) is 8.63. The number of fused-ring (bicyclic) bond motifs is 1. The van der Waals surface area contributed by atoms with Gasteiger partial charge in [-0.3, -0.25) is 0 Å². The smallest absolute Gasteiger partial charge is 0.0260 e. The van der Waals surface area contributed by atoms with E-state index in [9.17, 15) is 0 Å². The average Bonchev–Trinajstić information content (AvgIpc) is 2.99. The van der Waals surface area contributed by atoms with E-state index in [1.165, 1.54) is 37.1 Å². The van der Waals surface area contributed by atoms with Crippen LogP contribution in [0.15, 0.2) is 29.2 Å². The molecule has 1 N–H and O–H groups in total. The standard InChI is InChI=1S/C17H25NS/c1-3-13-8-9-16(12(13)2)18-11-15-10-14-6-4-5-7-17(14)19-15/h4-7,12-13,15-16,18H,3,8-11H2,1-2H3. The lowest BCUT2D eigenvalue weighted by atomic mass is 9.93. The van der Waals surface area contributed by atoms with Gasteiger partial charge in [0.2, 0.25) is 0 Å². The SMILES string of the molecule is CCC1CCC(NCC2Cc3ccccc3S2)C1C. The van der Waals surface area contributed by atoms with Gasteiger partial charge in [0.25, 0.3) is 0 Å². The minimum Gasteiger partial charge on any atom is -0.313 e. The molecular formula is C17H25NS. The van der Waals surface area contributed by atoms with Gasteiger partial charge in [0, 0.05) is 22.7 Å². The van der Waals surface area contributed by atoms with Crippen molar-refractivity contribution in [1.29, 1.82) is 0 Å². The minimum absolute atomic E-state index is 0.741. The lowest BCUT2D eigenvalue weighted by Gasteiger charge is -2.22. The lowest BCUT2D eigenvalue weighted by Crippen LogP contribution is -2.37. The first-order chi connectivity index (χ1) is 9.28. The second kappa shape index (κ2) is 5.88. The monoisotopic (exact) mass is 275 g/mol. The third-order valence-electron chi connectivity index (χ3n) is 5.07. The molecule has 0 saturated heterocycles. The van der Waals surface area contributed by atoms with E-state index in [4.69, 9.17) is 0 Å². The van der Waals surface area contributed by atoms with Gasteiger partial charge in [0.1, 0.15) is 0 Å². The second-order valence-corrected chi connectivity index (χ2v) is 7.51. The zero-order valence-corrected chi connectivity index (χ0v) is 12.9. The molecule has 1 aliphatic carbocycles. The van der Waals surface area contributed by atoms with Gasteiger partial charge in [-0.1, -0.05) is 38.5 Å². The maximum atomic E-state index is 3.85. The summed E-state index contributed by atoms with van der Waals surface area (Å²) in [5, 5.41) is 4.59. The molecule has 19 heavy (non-hydrogen) atoms. The Morgan fingerprint density at radius 2 is 2.11 bits per heavy atom. The second-order valence-electron chi connectivity index (χ2n) is 6.17. The number of nitrogens with one attached hydrogen (secondary N) is 1. The van der Waals surface area contributed by atoms with E-state index in [-0.39, 0.29) is 0 Å². The Labute approximate surface area is 121 Å². The van der Waals surface area contributed by atoms with Crippen molar-refractivity contribution in [3.63, 3.8) is 0 Å². The van der Waals surface area contributed by atoms with Crippen molar-refractivity contribution in [2.24, 2.45) is 11.8 Å². The molecule has 4 unspecified atom stereocenters. The molecular weight excluding hydrogens is 250 g/mol. The Bertz CT molecular complexity index is 406. The highest BCUT2D eigenvalue weighted by molar-refractivity contribution is 8.00. The van der Waals surface area contributed by atoms with Gasteiger partial charge < -0.3 is 5.32 Å². The fourth-order valence-electron chi connectivity index (χ4n) is 3.76. The quantitative estimate of drug-likeness (QED) is 0.887. The molecule has 1 fully saturated rings. The van der Waals surface area contributed by atoms with Crippen LogP contribution in [0.2, 0.25) is 0 Å². The fourth-order valence-corrected chi connectivity index (χ4v) is 5.02. The molecule has 1 nitrogen and oxygen atoms in total. The number of thioether (sulfide) groups is 1. The van der Waals surface area contributed by atoms with Crippen molar-refractivity contribution in [1.82, 2.24) is 5.32 Å². The molecule has 0 spiro atoms. The molecule has 0 radical (unpaired) electrons. The van der Waals surface area contributed by atoms with Crippen LogP contribution in [0.4, 0.5) is 0 Å². The summed E-state index contributed by atoms with van der Waals surface area (Å²) < 4.78 is 0. The topological polar surface area (TPSA) is 12.0 Å². The molecule has 3 rings (SSSR count). The van der Waals surface area contributed by atoms with E-state index < -0.39 is 0 Å². The van der Waals surface area contributed by atoms with E-state index in [1.54, 1.807) is 5.56 Å². The van der Waals surface area contributed by atoms with E-state index in [0.29, 0.717) is 0 Å². The minimum atomic E-state index is 0.741. The van der Waals surface area contributed by atoms with Crippen molar-refractivity contribution in [2.45, 2.75) is 55.7 Å². The highest BCUT2D eigenvalue weighted by Crippen LogP contribution is 2.37. The Morgan fingerprint density at radius 1 is 1.26 bits per heavy atom. The van der Waals surface area contributed by atoms with Gasteiger partial charge in [-0.25, -0.2) is 0 Å². The highest BCUT2D eigenvalue weighted by atomic mass is 32.2. The van der Waals surface area contributed by atoms with Crippen LogP contribution in [0, 0.1) is 11.8 Å². The van der Waals surface area contributed by atoms with Gasteiger partial charge in [0.15, 0.2) is 0 Å². The Balaban J connectivity index is 1.50. The van der Waals surface area contributed by atoms with Crippen molar-refractivity contribution in [3.05, 3.63) is 29.8 Å². The van der Waals surface area contributed by atoms with Gasteiger partial charge in [-0.15, -0.1) is 11.8 Å². The van der Waals surface area contributed by atoms with E-state index in [1.807, 2.05) is 0 Å². The summed E-state index contributed by atoms with van der Waals surface area (Å²) in [7, 11) is 0. The predicted molar refractivity (Wildman–Crippen MR) is 83.8 cm³/mol. The summed E-state index contributed by atoms with van der Waals surface area (Å²) in [4.78, 5) is 1.50. The van der Waals surface area contributed by atoms with E-state index >= 15 is 0 Å². The number of benzene rings is 1. The molecule has 0 amide bonds. The van der Waals surface area contributed by atoms with Crippen molar-refractivity contribution < 1.29 is 0 Å². The third kappa shape index (κ3) is 2.85. The molecule has 0 bridgehead atoms. The first kappa shape index (κ1) is 13.5. The summed E-state index contributed by atoms with van der Waals surface area (Å²) in [5.41, 5.74) is 1.55. The van der Waals surface area contributed by atoms with Crippen LogP contribution >= 0.6 is 11.8 Å². The molecule has 1 saturated carbocycles. The summed E-state index contributed by atoms with van der Waals surface area (Å²) in [6.45, 7) is 5.95.